The molecule has 0 N–H and O–H groups in total. The van der Waals surface area contributed by atoms with Gasteiger partial charge in [0.2, 0.25) is 0 Å². The van der Waals surface area contributed by atoms with Crippen LogP contribution < -0.4 is 5.43 Å². The second-order valence-corrected chi connectivity index (χ2v) is 9.32. The molecule has 8 heteroatoms. The molecule has 2 heterocycles. The van der Waals surface area contributed by atoms with Gasteiger partial charge in [-0.3, -0.25) is 9.59 Å². The molecule has 150 valence electrons. The smallest absolute Gasteiger partial charge is 0.290 e. The first-order chi connectivity index (χ1) is 13.8. The summed E-state index contributed by atoms with van der Waals surface area (Å²) in [6.07, 6.45) is 0.299. The Balaban J connectivity index is 1.72. The average Bonchev–Trinajstić information content (AvgIpc) is 3.06. The van der Waals surface area contributed by atoms with Crippen LogP contribution in [0.15, 0.2) is 63.8 Å². The maximum atomic E-state index is 13.2. The predicted octanol–water partition coefficient (Wildman–Crippen LogP) is 2.76. The van der Waals surface area contributed by atoms with Crippen LogP contribution in [0.3, 0.4) is 0 Å². The summed E-state index contributed by atoms with van der Waals surface area (Å²) in [6, 6.07) is 12.8. The van der Waals surface area contributed by atoms with Gasteiger partial charge in [-0.1, -0.05) is 24.3 Å². The predicted molar refractivity (Wildman–Crippen MR) is 106 cm³/mol. The van der Waals surface area contributed by atoms with Crippen LogP contribution in [0, 0.1) is 5.82 Å². The number of halogens is 1. The number of rotatable bonds is 4. The largest absolute Gasteiger partial charge is 0.451 e. The van der Waals surface area contributed by atoms with Crippen LogP contribution in [-0.2, 0) is 16.4 Å². The van der Waals surface area contributed by atoms with Crippen molar-refractivity contribution in [2.45, 2.75) is 19.0 Å². The molecule has 0 bridgehead atoms. The first-order valence-corrected chi connectivity index (χ1v) is 10.9. The van der Waals surface area contributed by atoms with E-state index in [9.17, 15) is 22.4 Å². The maximum Gasteiger partial charge on any atom is 0.290 e. The molecule has 0 radical (unpaired) electrons. The molecular weight excluding hydrogens is 397 g/mol. The van der Waals surface area contributed by atoms with Crippen LogP contribution in [0.1, 0.15) is 22.5 Å². The van der Waals surface area contributed by atoms with Gasteiger partial charge in [0.15, 0.2) is 21.0 Å². The number of hydrogen-bond donors (Lipinski definition) is 0. The van der Waals surface area contributed by atoms with Gasteiger partial charge >= 0.3 is 0 Å². The van der Waals surface area contributed by atoms with Crippen LogP contribution in [0.25, 0.3) is 11.0 Å². The summed E-state index contributed by atoms with van der Waals surface area (Å²) >= 11 is 0. The molecule has 4 rings (SSSR count). The van der Waals surface area contributed by atoms with Crippen LogP contribution in [0.2, 0.25) is 0 Å². The lowest BCUT2D eigenvalue weighted by Crippen LogP contribution is -2.40. The molecule has 6 nitrogen and oxygen atoms in total. The van der Waals surface area contributed by atoms with Crippen molar-refractivity contribution in [1.82, 2.24) is 4.90 Å². The lowest BCUT2D eigenvalue weighted by Gasteiger charge is -2.28. The van der Waals surface area contributed by atoms with Crippen molar-refractivity contribution in [3.05, 3.63) is 82.0 Å². The third-order valence-corrected chi connectivity index (χ3v) is 6.77. The number of carbonyl (C=O) groups is 1. The highest BCUT2D eigenvalue weighted by Gasteiger charge is 2.36. The third-order valence-electron chi connectivity index (χ3n) is 5.02. The SMILES string of the molecule is O=C(c1cc(=O)c2ccccc2o1)N(Cc1ccc(F)cc1)[C@@H]1CCS(=O)(=O)C1. The van der Waals surface area contributed by atoms with E-state index < -0.39 is 27.6 Å². The number of sulfone groups is 1. The molecule has 0 unspecified atom stereocenters. The molecular formula is C21H18FNO5S. The topological polar surface area (TPSA) is 84.7 Å². The van der Waals surface area contributed by atoms with E-state index in [0.717, 1.165) is 6.07 Å². The molecule has 29 heavy (non-hydrogen) atoms. The van der Waals surface area contributed by atoms with E-state index in [2.05, 4.69) is 0 Å². The van der Waals surface area contributed by atoms with E-state index in [-0.39, 0.29) is 34.8 Å². The third kappa shape index (κ3) is 4.07. The van der Waals surface area contributed by atoms with Crippen molar-refractivity contribution in [3.63, 3.8) is 0 Å². The Labute approximate surface area is 166 Å². The van der Waals surface area contributed by atoms with Gasteiger partial charge in [0.1, 0.15) is 11.4 Å². The summed E-state index contributed by atoms with van der Waals surface area (Å²) in [5, 5.41) is 0.359. The fraction of sp³-hybridized carbons (Fsp3) is 0.238. The van der Waals surface area contributed by atoms with Gasteiger partial charge in [0, 0.05) is 18.7 Å². The second-order valence-electron chi connectivity index (χ2n) is 7.09. The molecule has 1 atom stereocenters. The lowest BCUT2D eigenvalue weighted by molar-refractivity contribution is 0.0648. The Hall–Kier alpha value is -3.00. The van der Waals surface area contributed by atoms with Crippen molar-refractivity contribution in [2.24, 2.45) is 0 Å². The van der Waals surface area contributed by atoms with Gasteiger partial charge in [-0.15, -0.1) is 0 Å². The highest BCUT2D eigenvalue weighted by Crippen LogP contribution is 2.23. The summed E-state index contributed by atoms with van der Waals surface area (Å²) in [6.45, 7) is 0.0792. The normalized spacial score (nSPS) is 18.0. The maximum absolute atomic E-state index is 13.2. The standard InChI is InChI=1S/C21H18FNO5S/c22-15-7-5-14(6-8-15)12-23(16-9-10-29(26,27)13-16)21(25)20-11-18(24)17-3-1-2-4-19(17)28-20/h1-8,11,16H,9-10,12-13H2/t16-/m1/s1. The molecule has 1 aromatic heterocycles. The molecule has 3 aromatic rings. The van der Waals surface area contributed by atoms with E-state index in [0.29, 0.717) is 17.4 Å². The van der Waals surface area contributed by atoms with Crippen LogP contribution >= 0.6 is 0 Å². The van der Waals surface area contributed by atoms with Crippen molar-refractivity contribution in [1.29, 1.82) is 0 Å². The Morgan fingerprint density at radius 3 is 2.55 bits per heavy atom. The fourth-order valence-corrected chi connectivity index (χ4v) is 5.26. The minimum atomic E-state index is -3.24. The molecule has 1 aliphatic heterocycles. The van der Waals surface area contributed by atoms with Gasteiger partial charge in [0.05, 0.1) is 16.9 Å². The van der Waals surface area contributed by atoms with Crippen molar-refractivity contribution in [3.8, 4) is 0 Å². The number of amides is 1. The van der Waals surface area contributed by atoms with E-state index in [1.165, 1.54) is 29.2 Å². The minimum absolute atomic E-state index is 0.00741. The Morgan fingerprint density at radius 1 is 1.14 bits per heavy atom. The molecule has 0 aliphatic carbocycles. The molecule has 1 aliphatic rings. The highest BCUT2D eigenvalue weighted by molar-refractivity contribution is 7.91. The summed E-state index contributed by atoms with van der Waals surface area (Å²) < 4.78 is 42.8. The van der Waals surface area contributed by atoms with Crippen LogP contribution in [0.5, 0.6) is 0 Å². The summed E-state index contributed by atoms with van der Waals surface area (Å²) in [5.41, 5.74) is 0.576. The first kappa shape index (κ1) is 19.3. The fourth-order valence-electron chi connectivity index (χ4n) is 3.53. The van der Waals surface area contributed by atoms with E-state index in [4.69, 9.17) is 4.42 Å². The molecule has 1 fully saturated rings. The first-order valence-electron chi connectivity index (χ1n) is 9.11. The number of fused-ring (bicyclic) bond motifs is 1. The van der Waals surface area contributed by atoms with Crippen LogP contribution in [-0.4, -0.2) is 36.8 Å². The molecule has 1 saturated heterocycles. The summed E-state index contributed by atoms with van der Waals surface area (Å²) in [7, 11) is -3.24. The number of hydrogen-bond acceptors (Lipinski definition) is 5. The van der Waals surface area contributed by atoms with Gasteiger partial charge in [0.25, 0.3) is 5.91 Å². The highest BCUT2D eigenvalue weighted by atomic mass is 32.2. The average molecular weight is 415 g/mol. The Morgan fingerprint density at radius 2 is 1.86 bits per heavy atom. The van der Waals surface area contributed by atoms with E-state index in [1.54, 1.807) is 24.3 Å². The minimum Gasteiger partial charge on any atom is -0.451 e. The van der Waals surface area contributed by atoms with Crippen LogP contribution in [0.4, 0.5) is 4.39 Å². The quantitative estimate of drug-likeness (QED) is 0.654. The Kier molecular flexibility index (Phi) is 4.96. The molecule has 1 amide bonds. The molecule has 0 saturated carbocycles. The molecule has 2 aromatic carbocycles. The monoisotopic (exact) mass is 415 g/mol. The van der Waals surface area contributed by atoms with Crippen molar-refractivity contribution < 1.29 is 22.0 Å². The number of nitrogens with zero attached hydrogens (tertiary/aromatic N) is 1. The van der Waals surface area contributed by atoms with Crippen molar-refractivity contribution >= 4 is 26.7 Å². The lowest BCUT2D eigenvalue weighted by atomic mass is 10.1. The van der Waals surface area contributed by atoms with Gasteiger partial charge in [-0.25, -0.2) is 12.8 Å². The Bertz CT molecular complexity index is 1230. The number of benzene rings is 2. The summed E-state index contributed by atoms with van der Waals surface area (Å²) in [5.74, 6) is -1.29. The molecule has 0 spiro atoms. The number of para-hydroxylation sites is 1. The zero-order valence-electron chi connectivity index (χ0n) is 15.4. The zero-order chi connectivity index (χ0) is 20.6. The van der Waals surface area contributed by atoms with Gasteiger partial charge < -0.3 is 9.32 Å². The zero-order valence-corrected chi connectivity index (χ0v) is 16.2. The van der Waals surface area contributed by atoms with Gasteiger partial charge in [-0.05, 0) is 36.2 Å². The van der Waals surface area contributed by atoms with Crippen molar-refractivity contribution in [2.75, 3.05) is 11.5 Å². The summed E-state index contributed by atoms with van der Waals surface area (Å²) in [4.78, 5) is 27.0. The van der Waals surface area contributed by atoms with E-state index >= 15 is 0 Å². The number of carbonyl (C=O) groups excluding carboxylic acids is 1. The van der Waals surface area contributed by atoms with Gasteiger partial charge in [-0.2, -0.15) is 0 Å². The van der Waals surface area contributed by atoms with E-state index in [1.807, 2.05) is 0 Å². The second kappa shape index (κ2) is 7.44.